The summed E-state index contributed by atoms with van der Waals surface area (Å²) >= 11 is 0. The minimum absolute atomic E-state index is 0.241. The molecule has 0 saturated heterocycles. The average molecular weight is 177 g/mol. The lowest BCUT2D eigenvalue weighted by molar-refractivity contribution is 0.0953. The Morgan fingerprint density at radius 1 is 1.54 bits per heavy atom. The van der Waals surface area contributed by atoms with Crippen LogP contribution >= 0.6 is 0 Å². The van der Waals surface area contributed by atoms with Crippen LogP contribution in [-0.2, 0) is 6.42 Å². The van der Waals surface area contributed by atoms with Crippen molar-refractivity contribution in [3.8, 4) is 0 Å². The number of hydrazine groups is 1. The first-order chi connectivity index (χ1) is 6.31. The van der Waals surface area contributed by atoms with Crippen LogP contribution in [-0.4, -0.2) is 12.5 Å². The van der Waals surface area contributed by atoms with E-state index in [1.165, 1.54) is 5.56 Å². The normalized spacial score (nSPS) is 13.3. The zero-order chi connectivity index (χ0) is 9.26. The van der Waals surface area contributed by atoms with Crippen molar-refractivity contribution < 1.29 is 4.79 Å². The smallest absolute Gasteiger partial charge is 0.265 e. The molecule has 1 aliphatic rings. The van der Waals surface area contributed by atoms with Gasteiger partial charge >= 0.3 is 0 Å². The predicted octanol–water partition coefficient (Wildman–Crippen LogP) is 0.258. The fourth-order valence-electron chi connectivity index (χ4n) is 1.53. The number of amides is 1. The average Bonchev–Trinajstić information content (AvgIpc) is 2.63. The Kier molecular flexibility index (Phi) is 1.90. The molecule has 0 atom stereocenters. The highest BCUT2D eigenvalue weighted by atomic mass is 16.2. The molecule has 13 heavy (non-hydrogen) atoms. The highest BCUT2D eigenvalue weighted by Crippen LogP contribution is 2.22. The van der Waals surface area contributed by atoms with Crippen molar-refractivity contribution in [2.45, 2.75) is 6.42 Å². The third-order valence-corrected chi connectivity index (χ3v) is 2.21. The van der Waals surface area contributed by atoms with Crippen molar-refractivity contribution in [1.29, 1.82) is 0 Å². The SMILES string of the molecule is NNC(=O)c1ccc2c(c1)CCN2. The van der Waals surface area contributed by atoms with E-state index in [9.17, 15) is 4.79 Å². The van der Waals surface area contributed by atoms with Crippen molar-refractivity contribution in [2.75, 3.05) is 11.9 Å². The van der Waals surface area contributed by atoms with Crippen LogP contribution in [0.2, 0.25) is 0 Å². The lowest BCUT2D eigenvalue weighted by atomic mass is 10.1. The van der Waals surface area contributed by atoms with E-state index in [0.29, 0.717) is 5.56 Å². The summed E-state index contributed by atoms with van der Waals surface area (Å²) in [5, 5.41) is 3.22. The van der Waals surface area contributed by atoms with Crippen LogP contribution in [0, 0.1) is 0 Å². The summed E-state index contributed by atoms with van der Waals surface area (Å²) in [4.78, 5) is 11.2. The molecule has 0 bridgehead atoms. The number of nitrogen functional groups attached to an aromatic ring is 1. The zero-order valence-electron chi connectivity index (χ0n) is 7.13. The van der Waals surface area contributed by atoms with Crippen molar-refractivity contribution >= 4 is 11.6 Å². The Morgan fingerprint density at radius 3 is 3.15 bits per heavy atom. The van der Waals surface area contributed by atoms with Gasteiger partial charge in [0.25, 0.3) is 5.91 Å². The predicted molar refractivity (Wildman–Crippen MR) is 50.3 cm³/mol. The van der Waals surface area contributed by atoms with Gasteiger partial charge in [-0.3, -0.25) is 10.2 Å². The van der Waals surface area contributed by atoms with Gasteiger partial charge in [-0.15, -0.1) is 0 Å². The number of hydrogen-bond donors (Lipinski definition) is 3. The van der Waals surface area contributed by atoms with Crippen LogP contribution in [0.15, 0.2) is 18.2 Å². The number of carbonyl (C=O) groups is 1. The number of fused-ring (bicyclic) bond motifs is 1. The molecule has 0 aromatic heterocycles. The van der Waals surface area contributed by atoms with Gasteiger partial charge in [0.05, 0.1) is 0 Å². The molecule has 1 aromatic rings. The van der Waals surface area contributed by atoms with E-state index >= 15 is 0 Å². The van der Waals surface area contributed by atoms with Gasteiger partial charge in [-0.05, 0) is 30.2 Å². The molecule has 0 saturated carbocycles. The zero-order valence-corrected chi connectivity index (χ0v) is 7.13. The summed E-state index contributed by atoms with van der Waals surface area (Å²) < 4.78 is 0. The summed E-state index contributed by atoms with van der Waals surface area (Å²) in [5.74, 6) is 4.79. The lowest BCUT2D eigenvalue weighted by Gasteiger charge is -2.02. The minimum atomic E-state index is -0.241. The lowest BCUT2D eigenvalue weighted by Crippen LogP contribution is -2.29. The van der Waals surface area contributed by atoms with Crippen LogP contribution in [0.4, 0.5) is 5.69 Å². The van der Waals surface area contributed by atoms with Crippen molar-refractivity contribution in [3.05, 3.63) is 29.3 Å². The molecule has 0 unspecified atom stereocenters. The van der Waals surface area contributed by atoms with E-state index in [-0.39, 0.29) is 5.91 Å². The summed E-state index contributed by atoms with van der Waals surface area (Å²) in [7, 11) is 0. The van der Waals surface area contributed by atoms with Crippen LogP contribution < -0.4 is 16.6 Å². The highest BCUT2D eigenvalue weighted by molar-refractivity contribution is 5.94. The number of carbonyl (C=O) groups excluding carboxylic acids is 1. The molecule has 1 amide bonds. The molecule has 1 aromatic carbocycles. The molecular weight excluding hydrogens is 166 g/mol. The van der Waals surface area contributed by atoms with Gasteiger partial charge in [-0.1, -0.05) is 0 Å². The van der Waals surface area contributed by atoms with Crippen LogP contribution in [0.1, 0.15) is 15.9 Å². The number of nitrogens with two attached hydrogens (primary N) is 1. The molecule has 4 N–H and O–H groups in total. The second kappa shape index (κ2) is 3.06. The second-order valence-electron chi connectivity index (χ2n) is 3.02. The molecular formula is C9H11N3O. The fraction of sp³-hybridized carbons (Fsp3) is 0.222. The van der Waals surface area contributed by atoms with Gasteiger partial charge in [-0.2, -0.15) is 0 Å². The number of anilines is 1. The van der Waals surface area contributed by atoms with Crippen molar-refractivity contribution in [3.63, 3.8) is 0 Å². The van der Waals surface area contributed by atoms with E-state index in [1.54, 1.807) is 6.07 Å². The van der Waals surface area contributed by atoms with Gasteiger partial charge in [-0.25, -0.2) is 5.84 Å². The summed E-state index contributed by atoms with van der Waals surface area (Å²) in [6.45, 7) is 0.947. The maximum absolute atomic E-state index is 11.2. The topological polar surface area (TPSA) is 67.1 Å². The van der Waals surface area contributed by atoms with Crippen LogP contribution in [0.3, 0.4) is 0 Å². The van der Waals surface area contributed by atoms with Gasteiger partial charge < -0.3 is 5.32 Å². The molecule has 0 fully saturated rings. The molecule has 1 heterocycles. The Morgan fingerprint density at radius 2 is 2.38 bits per heavy atom. The van der Waals surface area contributed by atoms with E-state index in [2.05, 4.69) is 10.7 Å². The van der Waals surface area contributed by atoms with Gasteiger partial charge in [0, 0.05) is 17.8 Å². The Labute approximate surface area is 76.1 Å². The van der Waals surface area contributed by atoms with Gasteiger partial charge in [0.2, 0.25) is 0 Å². The molecule has 0 aliphatic carbocycles. The van der Waals surface area contributed by atoms with E-state index in [0.717, 1.165) is 18.7 Å². The molecule has 1 aliphatic heterocycles. The van der Waals surface area contributed by atoms with Crippen molar-refractivity contribution in [2.24, 2.45) is 5.84 Å². The number of nitrogens with one attached hydrogen (secondary N) is 2. The molecule has 4 heteroatoms. The molecule has 68 valence electrons. The minimum Gasteiger partial charge on any atom is -0.384 e. The third-order valence-electron chi connectivity index (χ3n) is 2.21. The Bertz CT molecular complexity index is 349. The monoisotopic (exact) mass is 177 g/mol. The number of rotatable bonds is 1. The summed E-state index contributed by atoms with van der Waals surface area (Å²) in [6, 6.07) is 5.55. The molecule has 2 rings (SSSR count). The maximum atomic E-state index is 11.2. The Balaban J connectivity index is 2.36. The van der Waals surface area contributed by atoms with Crippen LogP contribution in [0.25, 0.3) is 0 Å². The van der Waals surface area contributed by atoms with E-state index in [4.69, 9.17) is 5.84 Å². The maximum Gasteiger partial charge on any atom is 0.265 e. The second-order valence-corrected chi connectivity index (χ2v) is 3.02. The number of hydrogen-bond acceptors (Lipinski definition) is 3. The highest BCUT2D eigenvalue weighted by Gasteiger charge is 2.12. The van der Waals surface area contributed by atoms with Gasteiger partial charge in [0.15, 0.2) is 0 Å². The standard InChI is InChI=1S/C9H11N3O/c10-12-9(13)7-1-2-8-6(5-7)3-4-11-8/h1-2,5,11H,3-4,10H2,(H,12,13). The first-order valence-corrected chi connectivity index (χ1v) is 4.19. The quantitative estimate of drug-likeness (QED) is 0.327. The summed E-state index contributed by atoms with van der Waals surface area (Å²) in [5.41, 5.74) is 5.03. The third kappa shape index (κ3) is 1.36. The number of benzene rings is 1. The molecule has 4 nitrogen and oxygen atoms in total. The van der Waals surface area contributed by atoms with Crippen LogP contribution in [0.5, 0.6) is 0 Å². The largest absolute Gasteiger partial charge is 0.384 e. The molecule has 0 radical (unpaired) electrons. The first kappa shape index (κ1) is 8.07. The fourth-order valence-corrected chi connectivity index (χ4v) is 1.53. The van der Waals surface area contributed by atoms with E-state index < -0.39 is 0 Å². The van der Waals surface area contributed by atoms with Crippen molar-refractivity contribution in [1.82, 2.24) is 5.43 Å². The first-order valence-electron chi connectivity index (χ1n) is 4.19. The Hall–Kier alpha value is -1.55. The summed E-state index contributed by atoms with van der Waals surface area (Å²) in [6.07, 6.45) is 0.973. The molecule has 0 spiro atoms. The van der Waals surface area contributed by atoms with Gasteiger partial charge in [0.1, 0.15) is 0 Å². The van der Waals surface area contributed by atoms with E-state index in [1.807, 2.05) is 12.1 Å².